The molecule has 0 aromatic carbocycles. The van der Waals surface area contributed by atoms with Crippen LogP contribution in [-0.4, -0.2) is 170 Å². The molecule has 450 valence electrons. The maximum absolute atomic E-state index is 12.3. The summed E-state index contributed by atoms with van der Waals surface area (Å²) >= 11 is 0. The van der Waals surface area contributed by atoms with Crippen molar-refractivity contribution < 1.29 is 125 Å². The number of hydrogen-bond acceptors (Lipinski definition) is 25. The van der Waals surface area contributed by atoms with E-state index < -0.39 is 129 Å². The fourth-order valence-electron chi connectivity index (χ4n) is 4.57. The van der Waals surface area contributed by atoms with E-state index >= 15 is 0 Å². The minimum Gasteiger partial charge on any atom is -0.481 e. The fraction of sp³-hybridized carbons (Fsp3) is 0.556. The van der Waals surface area contributed by atoms with Gasteiger partial charge in [-0.05, 0) is 74.7 Å². The van der Waals surface area contributed by atoms with Gasteiger partial charge in [-0.3, -0.25) is 28.8 Å². The van der Waals surface area contributed by atoms with Crippen molar-refractivity contribution in [2.24, 2.45) is 0 Å². The van der Waals surface area contributed by atoms with Gasteiger partial charge in [0.15, 0.2) is 18.3 Å². The zero-order valence-corrected chi connectivity index (χ0v) is 46.9. The molecule has 0 aliphatic carbocycles. The monoisotopic (exact) mass is 1140 g/mol. The number of carboxylic acids is 1. The molecular weight excluding hydrogens is 1060 g/mol. The van der Waals surface area contributed by atoms with Crippen LogP contribution in [0.1, 0.15) is 113 Å². The van der Waals surface area contributed by atoms with Crippen molar-refractivity contribution in [3.8, 4) is 0 Å². The lowest BCUT2D eigenvalue weighted by Gasteiger charge is -2.18. The van der Waals surface area contributed by atoms with E-state index in [1.54, 1.807) is 0 Å². The smallest absolute Gasteiger partial charge is 0.333 e. The third-order valence-corrected chi connectivity index (χ3v) is 8.76. The minimum atomic E-state index is -1.11. The summed E-state index contributed by atoms with van der Waals surface area (Å²) in [4.78, 5) is 140. The Bertz CT molecular complexity index is 2090. The van der Waals surface area contributed by atoms with E-state index in [1.165, 1.54) is 55.4 Å². The van der Waals surface area contributed by atoms with Crippen LogP contribution in [0.25, 0.3) is 0 Å². The Balaban J connectivity index is -0.00000168. The van der Waals surface area contributed by atoms with E-state index in [0.29, 0.717) is 0 Å². The standard InChI is InChI=1S/C35H48O16.C16H22O8.C3H8O2/c1-21(2)32(40)45-17-26(18-46-33(41)22(3)4)50-30(38)14-10-12-28(36)44-16-25(9)49-29(37)13-11-15-31(39)51-27(19-47-34(42)23(5)6)20-48-35(43)24(7)8;1-10(2)15(20)22-8-12(9-23-16(21)11(3)4)24-14(19)7-5-6-13(17)18;1-3(5)2-4/h25-27H,1,3,5,7,10-20H2,2,4,6,8-9H3;12H,1,3,5-9H2,2,4H3,(H,17,18);3-5H,2H2,1H3. The van der Waals surface area contributed by atoms with Crippen molar-refractivity contribution in [1.29, 1.82) is 0 Å². The van der Waals surface area contributed by atoms with Gasteiger partial charge in [0.2, 0.25) is 0 Å². The van der Waals surface area contributed by atoms with Crippen LogP contribution in [0.15, 0.2) is 72.9 Å². The second kappa shape index (κ2) is 43.9. The van der Waals surface area contributed by atoms with E-state index in [4.69, 9.17) is 67.4 Å². The van der Waals surface area contributed by atoms with Gasteiger partial charge in [-0.2, -0.15) is 0 Å². The van der Waals surface area contributed by atoms with Crippen LogP contribution in [0.3, 0.4) is 0 Å². The lowest BCUT2D eigenvalue weighted by molar-refractivity contribution is -0.165. The van der Waals surface area contributed by atoms with Gasteiger partial charge in [0.05, 0.1) is 12.7 Å². The van der Waals surface area contributed by atoms with Crippen molar-refractivity contribution in [1.82, 2.24) is 0 Å². The number of hydrogen-bond donors (Lipinski definition) is 3. The first-order chi connectivity index (χ1) is 37.2. The largest absolute Gasteiger partial charge is 0.481 e. The van der Waals surface area contributed by atoms with Crippen LogP contribution in [-0.2, 0) is 110 Å². The maximum atomic E-state index is 12.3. The molecule has 3 N–H and O–H groups in total. The number of carbonyl (C=O) groups is 12. The van der Waals surface area contributed by atoms with Gasteiger partial charge in [-0.15, -0.1) is 0 Å². The Morgan fingerprint density at radius 2 is 0.562 bits per heavy atom. The van der Waals surface area contributed by atoms with Crippen LogP contribution in [0.5, 0.6) is 0 Å². The van der Waals surface area contributed by atoms with Crippen LogP contribution in [0.2, 0.25) is 0 Å². The van der Waals surface area contributed by atoms with Gasteiger partial charge in [0, 0.05) is 72.0 Å². The summed E-state index contributed by atoms with van der Waals surface area (Å²) in [5.41, 5.74) is 0.810. The minimum absolute atomic E-state index is 0.0393. The Morgan fingerprint density at radius 1 is 0.350 bits per heavy atom. The third-order valence-electron chi connectivity index (χ3n) is 8.76. The van der Waals surface area contributed by atoms with Crippen molar-refractivity contribution >= 4 is 71.6 Å². The first-order valence-electron chi connectivity index (χ1n) is 24.6. The fourth-order valence-corrected chi connectivity index (χ4v) is 4.57. The molecule has 0 aliphatic heterocycles. The molecule has 0 saturated heterocycles. The first kappa shape index (κ1) is 76.2. The number of aliphatic hydroxyl groups excluding tert-OH is 2. The Morgan fingerprint density at radius 3 is 0.775 bits per heavy atom. The van der Waals surface area contributed by atoms with Crippen molar-refractivity contribution in [3.05, 3.63) is 72.9 Å². The summed E-state index contributed by atoms with van der Waals surface area (Å²) in [7, 11) is 0. The molecule has 0 bridgehead atoms. The molecule has 0 aromatic rings. The summed E-state index contributed by atoms with van der Waals surface area (Å²) in [5, 5.41) is 24.5. The van der Waals surface area contributed by atoms with Crippen LogP contribution in [0, 0.1) is 0 Å². The average molecular weight is 1140 g/mol. The molecule has 2 atom stereocenters. The molecule has 0 aliphatic rings. The highest BCUT2D eigenvalue weighted by molar-refractivity contribution is 5.89. The van der Waals surface area contributed by atoms with Gasteiger partial charge in [0.1, 0.15) is 52.4 Å². The molecule has 0 fully saturated rings. The van der Waals surface area contributed by atoms with Gasteiger partial charge in [-0.1, -0.05) is 39.5 Å². The molecule has 26 nitrogen and oxygen atoms in total. The normalized spacial score (nSPS) is 10.9. The SMILES string of the molecule is C=C(C)C(=O)OCC(COC(=O)C(=C)C)OC(=O)CCCC(=O)O.C=C(C)C(=O)OCC(COC(=O)C(=C)C)OC(=O)CCCC(=O)OCC(C)OC(=O)CCCC(=O)OC(COC(=O)C(=C)C)COC(=O)C(=C)C.CC(O)CO. The van der Waals surface area contributed by atoms with E-state index in [0.717, 1.165) is 0 Å². The molecule has 26 heteroatoms. The van der Waals surface area contributed by atoms with E-state index in [1.807, 2.05) is 0 Å². The molecule has 0 aromatic heterocycles. The molecule has 0 saturated carbocycles. The van der Waals surface area contributed by atoms with Crippen LogP contribution in [0.4, 0.5) is 0 Å². The zero-order valence-electron chi connectivity index (χ0n) is 46.9. The predicted molar refractivity (Wildman–Crippen MR) is 279 cm³/mol. The Hall–Kier alpha value is -8.00. The number of ether oxygens (including phenoxy) is 11. The molecule has 0 rings (SSSR count). The molecule has 0 amide bonds. The topological polar surface area (TPSA) is 367 Å². The lowest BCUT2D eigenvalue weighted by atomic mass is 10.2. The van der Waals surface area contributed by atoms with Crippen molar-refractivity contribution in [3.63, 3.8) is 0 Å². The highest BCUT2D eigenvalue weighted by Gasteiger charge is 2.24. The first-order valence-corrected chi connectivity index (χ1v) is 24.6. The summed E-state index contributed by atoms with van der Waals surface area (Å²) in [6, 6.07) is 0. The van der Waals surface area contributed by atoms with Crippen LogP contribution >= 0.6 is 0 Å². The molecule has 0 spiro atoms. The van der Waals surface area contributed by atoms with Gasteiger partial charge in [0.25, 0.3) is 0 Å². The number of esters is 11. The second-order valence-corrected chi connectivity index (χ2v) is 17.6. The Kier molecular flexibility index (Phi) is 41.9. The molecule has 80 heavy (non-hydrogen) atoms. The molecular formula is C54H78O26. The second-order valence-electron chi connectivity index (χ2n) is 17.6. The van der Waals surface area contributed by atoms with Crippen LogP contribution < -0.4 is 0 Å². The summed E-state index contributed by atoms with van der Waals surface area (Å²) < 4.78 is 55.4. The van der Waals surface area contributed by atoms with Crippen molar-refractivity contribution in [2.45, 2.75) is 144 Å². The van der Waals surface area contributed by atoms with E-state index in [9.17, 15) is 57.5 Å². The maximum Gasteiger partial charge on any atom is 0.333 e. The van der Waals surface area contributed by atoms with Gasteiger partial charge in [-0.25, -0.2) is 28.8 Å². The van der Waals surface area contributed by atoms with E-state index in [-0.39, 0.29) is 118 Å². The third kappa shape index (κ3) is 44.0. The summed E-state index contributed by atoms with van der Waals surface area (Å²) in [6.45, 7) is 29.6. The summed E-state index contributed by atoms with van der Waals surface area (Å²) in [5.74, 6) is -8.79. The van der Waals surface area contributed by atoms with Gasteiger partial charge < -0.3 is 67.4 Å². The van der Waals surface area contributed by atoms with Gasteiger partial charge >= 0.3 is 71.6 Å². The molecule has 2 unspecified atom stereocenters. The lowest BCUT2D eigenvalue weighted by Crippen LogP contribution is -2.31. The average Bonchev–Trinajstić information content (AvgIpc) is 3.37. The number of aliphatic carboxylic acids is 1. The predicted octanol–water partition coefficient (Wildman–Crippen LogP) is 3.85. The summed E-state index contributed by atoms with van der Waals surface area (Å²) in [6.07, 6.45) is -5.46. The zero-order chi connectivity index (χ0) is 62.1. The molecule has 0 heterocycles. The highest BCUT2D eigenvalue weighted by Crippen LogP contribution is 2.11. The van der Waals surface area contributed by atoms with Crippen molar-refractivity contribution in [2.75, 3.05) is 52.9 Å². The Labute approximate surface area is 465 Å². The highest BCUT2D eigenvalue weighted by atomic mass is 16.6. The number of carbonyl (C=O) groups excluding carboxylic acids is 11. The van der Waals surface area contributed by atoms with E-state index in [2.05, 4.69) is 39.5 Å². The number of aliphatic hydroxyl groups is 2. The number of rotatable bonds is 37. The number of carboxylic acid groups (broad SMARTS) is 1. The quantitative estimate of drug-likeness (QED) is 0.0451. The molecule has 0 radical (unpaired) electrons.